The molecule has 1 unspecified atom stereocenters. The summed E-state index contributed by atoms with van der Waals surface area (Å²) in [5, 5.41) is 14.4. The lowest BCUT2D eigenvalue weighted by molar-refractivity contribution is -0.132. The number of nitrogens with zero attached hydrogens (tertiary/aromatic N) is 1. The lowest BCUT2D eigenvalue weighted by atomic mass is 9.94. The van der Waals surface area contributed by atoms with Crippen LogP contribution in [0.5, 0.6) is 0 Å². The highest BCUT2D eigenvalue weighted by molar-refractivity contribution is 6.51. The maximum absolute atomic E-state index is 13.3. The minimum Gasteiger partial charge on any atom is -0.507 e. The third kappa shape index (κ3) is 4.81. The van der Waals surface area contributed by atoms with Crippen LogP contribution in [0, 0.1) is 0 Å². The molecule has 0 aromatic heterocycles. The van der Waals surface area contributed by atoms with Crippen molar-refractivity contribution in [1.82, 2.24) is 0 Å². The number of aliphatic hydroxyl groups is 1. The number of carbonyl (C=O) groups excluding carboxylic acids is 3. The number of carbonyl (C=O) groups is 3. The van der Waals surface area contributed by atoms with Crippen LogP contribution in [0.2, 0.25) is 10.0 Å². The third-order valence-corrected chi connectivity index (χ3v) is 6.55. The predicted molar refractivity (Wildman–Crippen MR) is 138 cm³/mol. The van der Waals surface area contributed by atoms with Gasteiger partial charge < -0.3 is 10.4 Å². The molecule has 2 N–H and O–H groups in total. The second-order valence-electron chi connectivity index (χ2n) is 8.12. The zero-order chi connectivity index (χ0) is 25.3. The van der Waals surface area contributed by atoms with Gasteiger partial charge in [0.2, 0.25) is 5.91 Å². The number of Topliss-reactive ketones (excluding diaryl/α,β-unsaturated/α-hetero) is 1. The molecule has 2 amide bonds. The predicted octanol–water partition coefficient (Wildman–Crippen LogP) is 6.14. The summed E-state index contributed by atoms with van der Waals surface area (Å²) >= 11 is 12.1. The van der Waals surface area contributed by atoms with Gasteiger partial charge in [-0.3, -0.25) is 19.3 Å². The van der Waals surface area contributed by atoms with Gasteiger partial charge in [0.1, 0.15) is 5.76 Å². The SMILES string of the molecule is CCc1ccc(C2/C(=C(/O)c3ccc(Cl)c(Cl)c3)C(=O)C(=O)N2c2ccc(NC(C)=O)cc2)cc1. The molecular formula is C27H22Cl2N2O4. The van der Waals surface area contributed by atoms with Gasteiger partial charge in [0.15, 0.2) is 0 Å². The molecule has 3 aromatic rings. The molecule has 0 spiro atoms. The Morgan fingerprint density at radius 1 is 0.971 bits per heavy atom. The Morgan fingerprint density at radius 2 is 1.63 bits per heavy atom. The molecule has 1 aliphatic heterocycles. The van der Waals surface area contributed by atoms with Crippen LogP contribution in [-0.4, -0.2) is 22.7 Å². The number of ketones is 1. The number of hydrogen-bond donors (Lipinski definition) is 2. The number of benzene rings is 3. The molecular weight excluding hydrogens is 487 g/mol. The van der Waals surface area contributed by atoms with E-state index in [1.165, 1.54) is 30.0 Å². The van der Waals surface area contributed by atoms with Crippen molar-refractivity contribution < 1.29 is 19.5 Å². The summed E-state index contributed by atoms with van der Waals surface area (Å²) in [6.45, 7) is 3.43. The van der Waals surface area contributed by atoms with E-state index in [-0.39, 0.29) is 27.8 Å². The molecule has 0 saturated carbocycles. The first-order valence-corrected chi connectivity index (χ1v) is 11.7. The normalized spacial score (nSPS) is 17.0. The smallest absolute Gasteiger partial charge is 0.300 e. The zero-order valence-electron chi connectivity index (χ0n) is 19.0. The molecule has 0 bridgehead atoms. The largest absolute Gasteiger partial charge is 0.507 e. The van der Waals surface area contributed by atoms with Crippen molar-refractivity contribution in [2.45, 2.75) is 26.3 Å². The Labute approximate surface area is 212 Å². The molecule has 0 radical (unpaired) electrons. The molecule has 35 heavy (non-hydrogen) atoms. The fraction of sp³-hybridized carbons (Fsp3) is 0.148. The number of anilines is 2. The van der Waals surface area contributed by atoms with E-state index in [1.807, 2.05) is 31.2 Å². The van der Waals surface area contributed by atoms with E-state index < -0.39 is 17.7 Å². The molecule has 1 saturated heterocycles. The van der Waals surface area contributed by atoms with Crippen LogP contribution in [0.15, 0.2) is 72.3 Å². The highest BCUT2D eigenvalue weighted by Gasteiger charge is 2.47. The summed E-state index contributed by atoms with van der Waals surface area (Å²) in [4.78, 5) is 39.2. The van der Waals surface area contributed by atoms with Gasteiger partial charge in [-0.2, -0.15) is 0 Å². The molecule has 6 nitrogen and oxygen atoms in total. The summed E-state index contributed by atoms with van der Waals surface area (Å²) in [6.07, 6.45) is 0.828. The minimum absolute atomic E-state index is 0.0522. The van der Waals surface area contributed by atoms with E-state index in [1.54, 1.807) is 24.3 Å². The van der Waals surface area contributed by atoms with Gasteiger partial charge in [0.25, 0.3) is 11.7 Å². The van der Waals surface area contributed by atoms with Crippen LogP contribution in [0.25, 0.3) is 5.76 Å². The first kappa shape index (κ1) is 24.5. The van der Waals surface area contributed by atoms with Crippen LogP contribution >= 0.6 is 23.2 Å². The summed E-state index contributed by atoms with van der Waals surface area (Å²) in [5.74, 6) is -2.16. The van der Waals surface area contributed by atoms with Crippen molar-refractivity contribution in [2.75, 3.05) is 10.2 Å². The van der Waals surface area contributed by atoms with Crippen molar-refractivity contribution in [3.63, 3.8) is 0 Å². The van der Waals surface area contributed by atoms with Gasteiger partial charge in [0.05, 0.1) is 21.7 Å². The highest BCUT2D eigenvalue weighted by Crippen LogP contribution is 2.42. The molecule has 178 valence electrons. The standard InChI is InChI=1S/C27H22Cl2N2O4/c1-3-16-4-6-17(7-5-16)24-23(25(33)18-8-13-21(28)22(29)14-18)26(34)27(35)31(24)20-11-9-19(10-12-20)30-15(2)32/h4-14,24,33H,3H2,1-2H3,(H,30,32)/b25-23-. The van der Waals surface area contributed by atoms with Crippen LogP contribution in [0.1, 0.15) is 36.6 Å². The Morgan fingerprint density at radius 3 is 2.20 bits per heavy atom. The second kappa shape index (κ2) is 9.94. The quantitative estimate of drug-likeness (QED) is 0.246. The van der Waals surface area contributed by atoms with Crippen molar-refractivity contribution in [1.29, 1.82) is 0 Å². The molecule has 3 aromatic carbocycles. The molecule has 8 heteroatoms. The number of amides is 2. The second-order valence-corrected chi connectivity index (χ2v) is 8.94. The fourth-order valence-electron chi connectivity index (χ4n) is 4.06. The number of aryl methyl sites for hydroxylation is 1. The summed E-state index contributed by atoms with van der Waals surface area (Å²) in [6, 6.07) is 17.7. The topological polar surface area (TPSA) is 86.7 Å². The number of halogens is 2. The lowest BCUT2D eigenvalue weighted by Crippen LogP contribution is -2.29. The van der Waals surface area contributed by atoms with Crippen molar-refractivity contribution in [2.24, 2.45) is 0 Å². The maximum Gasteiger partial charge on any atom is 0.300 e. The number of aliphatic hydroxyl groups excluding tert-OH is 1. The van der Waals surface area contributed by atoms with Crippen molar-refractivity contribution in [3.8, 4) is 0 Å². The molecule has 4 rings (SSSR count). The van der Waals surface area contributed by atoms with E-state index in [4.69, 9.17) is 23.2 Å². The van der Waals surface area contributed by atoms with E-state index in [2.05, 4.69) is 5.32 Å². The van der Waals surface area contributed by atoms with Gasteiger partial charge in [-0.05, 0) is 60.0 Å². The number of hydrogen-bond acceptors (Lipinski definition) is 4. The highest BCUT2D eigenvalue weighted by atomic mass is 35.5. The molecule has 1 heterocycles. The summed E-state index contributed by atoms with van der Waals surface area (Å²) < 4.78 is 0. The van der Waals surface area contributed by atoms with Gasteiger partial charge in [0, 0.05) is 23.9 Å². The van der Waals surface area contributed by atoms with Gasteiger partial charge in [-0.1, -0.05) is 54.4 Å². The van der Waals surface area contributed by atoms with Gasteiger partial charge in [-0.15, -0.1) is 0 Å². The van der Waals surface area contributed by atoms with Gasteiger partial charge >= 0.3 is 0 Å². The number of rotatable bonds is 5. The van der Waals surface area contributed by atoms with E-state index >= 15 is 0 Å². The average Bonchev–Trinajstić information content (AvgIpc) is 3.11. The Hall–Kier alpha value is -3.61. The molecule has 1 fully saturated rings. The lowest BCUT2D eigenvalue weighted by Gasteiger charge is -2.26. The van der Waals surface area contributed by atoms with Gasteiger partial charge in [-0.25, -0.2) is 0 Å². The Balaban J connectivity index is 1.88. The number of nitrogens with one attached hydrogen (secondary N) is 1. The Bertz CT molecular complexity index is 1350. The first-order chi connectivity index (χ1) is 16.7. The van der Waals surface area contributed by atoms with Crippen molar-refractivity contribution in [3.05, 3.63) is 99.0 Å². The van der Waals surface area contributed by atoms with Crippen molar-refractivity contribution >= 4 is 57.9 Å². The Kier molecular flexibility index (Phi) is 6.96. The summed E-state index contributed by atoms with van der Waals surface area (Å²) in [7, 11) is 0. The van der Waals surface area contributed by atoms with Crippen LogP contribution in [-0.2, 0) is 20.8 Å². The maximum atomic E-state index is 13.3. The molecule has 1 atom stereocenters. The minimum atomic E-state index is -0.873. The van der Waals surface area contributed by atoms with Crippen LogP contribution in [0.3, 0.4) is 0 Å². The van der Waals surface area contributed by atoms with Crippen LogP contribution < -0.4 is 10.2 Å². The van der Waals surface area contributed by atoms with E-state index in [0.717, 1.165) is 12.0 Å². The molecule has 1 aliphatic rings. The zero-order valence-corrected chi connectivity index (χ0v) is 20.5. The van der Waals surface area contributed by atoms with Crippen LogP contribution in [0.4, 0.5) is 11.4 Å². The fourth-order valence-corrected chi connectivity index (χ4v) is 4.36. The van der Waals surface area contributed by atoms with E-state index in [0.29, 0.717) is 22.0 Å². The summed E-state index contributed by atoms with van der Waals surface area (Å²) in [5.41, 5.74) is 2.97. The van der Waals surface area contributed by atoms with E-state index in [9.17, 15) is 19.5 Å². The third-order valence-electron chi connectivity index (χ3n) is 5.81. The average molecular weight is 509 g/mol. The first-order valence-electron chi connectivity index (χ1n) is 10.9. The monoisotopic (exact) mass is 508 g/mol. The molecule has 0 aliphatic carbocycles.